The van der Waals surface area contributed by atoms with Gasteiger partial charge in [-0.3, -0.25) is 10.2 Å². The van der Waals surface area contributed by atoms with Gasteiger partial charge < -0.3 is 4.74 Å². The van der Waals surface area contributed by atoms with Crippen LogP contribution in [0.3, 0.4) is 0 Å². The number of anilines is 1. The van der Waals surface area contributed by atoms with Crippen LogP contribution in [0.2, 0.25) is 0 Å². The molecule has 0 radical (unpaired) electrons. The molecular formula is C20H18N2O2S. The minimum absolute atomic E-state index is 0.0843. The maximum atomic E-state index is 12.0. The van der Waals surface area contributed by atoms with Crippen LogP contribution < -0.4 is 10.2 Å². The maximum Gasteiger partial charge on any atom is 0.186 e. The molecule has 0 atom stereocenters. The standard InChI is InChI=1S/C20H18N2O2S/c1-14(23)20(22-21-16-10-12-17(24-2)13-11-16)25-19-9-5-7-15-6-3-4-8-18(15)19/h3-13,21H,1-2H3. The van der Waals surface area contributed by atoms with Gasteiger partial charge in [-0.2, -0.15) is 5.10 Å². The van der Waals surface area contributed by atoms with Crippen molar-refractivity contribution in [3.05, 3.63) is 66.7 Å². The van der Waals surface area contributed by atoms with E-state index in [1.165, 1.54) is 18.7 Å². The monoisotopic (exact) mass is 350 g/mol. The highest BCUT2D eigenvalue weighted by molar-refractivity contribution is 8.15. The van der Waals surface area contributed by atoms with Crippen LogP contribution in [-0.2, 0) is 4.79 Å². The second-order valence-electron chi connectivity index (χ2n) is 5.39. The number of rotatable bonds is 5. The number of hydrazone groups is 1. The Bertz CT molecular complexity index is 915. The lowest BCUT2D eigenvalue weighted by atomic mass is 10.1. The number of nitrogens with zero attached hydrogens (tertiary/aromatic N) is 1. The predicted octanol–water partition coefficient (Wildman–Crippen LogP) is 4.96. The second-order valence-corrected chi connectivity index (χ2v) is 6.42. The summed E-state index contributed by atoms with van der Waals surface area (Å²) in [6.45, 7) is 1.52. The Balaban J connectivity index is 1.84. The highest BCUT2D eigenvalue weighted by atomic mass is 32.2. The molecule has 5 heteroatoms. The van der Waals surface area contributed by atoms with Crippen molar-refractivity contribution < 1.29 is 9.53 Å². The van der Waals surface area contributed by atoms with Gasteiger partial charge in [0.2, 0.25) is 0 Å². The van der Waals surface area contributed by atoms with Crippen LogP contribution in [0.5, 0.6) is 5.75 Å². The first kappa shape index (κ1) is 17.0. The fourth-order valence-electron chi connectivity index (χ4n) is 2.34. The molecule has 3 aromatic carbocycles. The molecule has 0 fully saturated rings. The van der Waals surface area contributed by atoms with Crippen molar-refractivity contribution in [1.82, 2.24) is 0 Å². The molecule has 0 spiro atoms. The van der Waals surface area contributed by atoms with E-state index in [1.54, 1.807) is 7.11 Å². The molecule has 126 valence electrons. The Morgan fingerprint density at radius 3 is 2.44 bits per heavy atom. The number of ether oxygens (including phenoxy) is 1. The summed E-state index contributed by atoms with van der Waals surface area (Å²) in [4.78, 5) is 13.0. The third-order valence-electron chi connectivity index (χ3n) is 3.63. The summed E-state index contributed by atoms with van der Waals surface area (Å²) in [5.74, 6) is 0.686. The summed E-state index contributed by atoms with van der Waals surface area (Å²) in [5.41, 5.74) is 3.73. The zero-order valence-corrected chi connectivity index (χ0v) is 14.8. The number of nitrogens with one attached hydrogen (secondary N) is 1. The molecule has 0 heterocycles. The number of hydrogen-bond donors (Lipinski definition) is 1. The molecule has 0 amide bonds. The zero-order valence-electron chi connectivity index (χ0n) is 14.0. The van der Waals surface area contributed by atoms with Gasteiger partial charge in [0.25, 0.3) is 0 Å². The third-order valence-corrected chi connectivity index (χ3v) is 4.78. The van der Waals surface area contributed by atoms with E-state index in [0.29, 0.717) is 5.04 Å². The Morgan fingerprint density at radius 1 is 1.00 bits per heavy atom. The van der Waals surface area contributed by atoms with Gasteiger partial charge in [0.15, 0.2) is 10.8 Å². The molecule has 0 aliphatic carbocycles. The number of hydrogen-bond acceptors (Lipinski definition) is 5. The number of ketones is 1. The first-order chi connectivity index (χ1) is 12.2. The van der Waals surface area contributed by atoms with Crippen LogP contribution in [0.25, 0.3) is 10.8 Å². The smallest absolute Gasteiger partial charge is 0.186 e. The van der Waals surface area contributed by atoms with Gasteiger partial charge in [-0.25, -0.2) is 0 Å². The molecular weight excluding hydrogens is 332 g/mol. The van der Waals surface area contributed by atoms with Crippen LogP contribution in [0.1, 0.15) is 6.92 Å². The second kappa shape index (κ2) is 7.85. The van der Waals surface area contributed by atoms with Crippen molar-refractivity contribution in [3.8, 4) is 5.75 Å². The molecule has 0 bridgehead atoms. The van der Waals surface area contributed by atoms with E-state index in [1.807, 2.05) is 54.6 Å². The van der Waals surface area contributed by atoms with Crippen LogP contribution in [0, 0.1) is 0 Å². The van der Waals surface area contributed by atoms with Crippen molar-refractivity contribution in [3.63, 3.8) is 0 Å². The topological polar surface area (TPSA) is 50.7 Å². The zero-order chi connectivity index (χ0) is 17.6. The van der Waals surface area contributed by atoms with E-state index in [0.717, 1.165) is 27.1 Å². The van der Waals surface area contributed by atoms with Gasteiger partial charge in [0, 0.05) is 11.8 Å². The quantitative estimate of drug-likeness (QED) is 0.306. The SMILES string of the molecule is COc1ccc(NN=C(Sc2cccc3ccccc23)C(C)=O)cc1. The third kappa shape index (κ3) is 4.19. The van der Waals surface area contributed by atoms with Crippen molar-refractivity contribution >= 4 is 39.0 Å². The average molecular weight is 350 g/mol. The summed E-state index contributed by atoms with van der Waals surface area (Å²) >= 11 is 1.37. The average Bonchev–Trinajstić information content (AvgIpc) is 2.65. The molecule has 3 rings (SSSR count). The van der Waals surface area contributed by atoms with E-state index < -0.39 is 0 Å². The lowest BCUT2D eigenvalue weighted by Gasteiger charge is -2.08. The Labute approximate surface area is 150 Å². The van der Waals surface area contributed by atoms with E-state index in [4.69, 9.17) is 4.74 Å². The maximum absolute atomic E-state index is 12.0. The summed E-state index contributed by atoms with van der Waals surface area (Å²) < 4.78 is 5.13. The highest BCUT2D eigenvalue weighted by Gasteiger charge is 2.11. The summed E-state index contributed by atoms with van der Waals surface area (Å²) in [5, 5.41) is 6.94. The van der Waals surface area contributed by atoms with E-state index in [2.05, 4.69) is 22.7 Å². The molecule has 4 nitrogen and oxygen atoms in total. The number of carbonyl (C=O) groups excluding carboxylic acids is 1. The number of carbonyl (C=O) groups is 1. The summed E-state index contributed by atoms with van der Waals surface area (Å²) in [7, 11) is 1.62. The minimum Gasteiger partial charge on any atom is -0.497 e. The van der Waals surface area contributed by atoms with Gasteiger partial charge in [-0.15, -0.1) is 0 Å². The summed E-state index contributed by atoms with van der Waals surface area (Å²) in [6.07, 6.45) is 0. The van der Waals surface area contributed by atoms with Crippen molar-refractivity contribution in [2.45, 2.75) is 11.8 Å². The number of thioether (sulfide) groups is 1. The molecule has 0 unspecified atom stereocenters. The number of fused-ring (bicyclic) bond motifs is 1. The molecule has 3 aromatic rings. The Hall–Kier alpha value is -2.79. The highest BCUT2D eigenvalue weighted by Crippen LogP contribution is 2.29. The van der Waals surface area contributed by atoms with E-state index >= 15 is 0 Å². The Morgan fingerprint density at radius 2 is 1.72 bits per heavy atom. The molecule has 0 saturated heterocycles. The number of methoxy groups -OCH3 is 1. The lowest BCUT2D eigenvalue weighted by Crippen LogP contribution is -2.08. The van der Waals surface area contributed by atoms with E-state index in [-0.39, 0.29) is 5.78 Å². The van der Waals surface area contributed by atoms with Gasteiger partial charge in [0.05, 0.1) is 12.8 Å². The van der Waals surface area contributed by atoms with Crippen molar-refractivity contribution in [1.29, 1.82) is 0 Å². The van der Waals surface area contributed by atoms with Crippen LogP contribution >= 0.6 is 11.8 Å². The first-order valence-electron chi connectivity index (χ1n) is 7.81. The van der Waals surface area contributed by atoms with Crippen LogP contribution in [0.4, 0.5) is 5.69 Å². The first-order valence-corrected chi connectivity index (χ1v) is 8.63. The number of Topliss-reactive ketones (excluding diaryl/α,β-unsaturated/α-hetero) is 1. The van der Waals surface area contributed by atoms with Gasteiger partial charge in [-0.05, 0) is 41.1 Å². The number of benzene rings is 3. The van der Waals surface area contributed by atoms with E-state index in [9.17, 15) is 4.79 Å². The predicted molar refractivity (Wildman–Crippen MR) is 105 cm³/mol. The van der Waals surface area contributed by atoms with Gasteiger partial charge in [-0.1, -0.05) is 48.2 Å². The molecule has 0 aliphatic rings. The van der Waals surface area contributed by atoms with Crippen LogP contribution in [-0.4, -0.2) is 17.9 Å². The minimum atomic E-state index is -0.0843. The molecule has 25 heavy (non-hydrogen) atoms. The summed E-state index contributed by atoms with van der Waals surface area (Å²) in [6, 6.07) is 21.5. The molecule has 1 N–H and O–H groups in total. The van der Waals surface area contributed by atoms with Gasteiger partial charge >= 0.3 is 0 Å². The molecule has 0 aliphatic heterocycles. The largest absolute Gasteiger partial charge is 0.497 e. The molecule has 0 saturated carbocycles. The van der Waals surface area contributed by atoms with Crippen molar-refractivity contribution in [2.24, 2.45) is 5.10 Å². The normalized spacial score (nSPS) is 11.4. The van der Waals surface area contributed by atoms with Gasteiger partial charge in [0.1, 0.15) is 5.75 Å². The van der Waals surface area contributed by atoms with Crippen LogP contribution in [0.15, 0.2) is 76.7 Å². The fourth-order valence-corrected chi connectivity index (χ4v) is 3.23. The van der Waals surface area contributed by atoms with Crippen molar-refractivity contribution in [2.75, 3.05) is 12.5 Å². The Kier molecular flexibility index (Phi) is 5.36. The fraction of sp³-hybridized carbons (Fsp3) is 0.100. The molecule has 0 aromatic heterocycles. The lowest BCUT2D eigenvalue weighted by molar-refractivity contribution is -0.110.